The van der Waals surface area contributed by atoms with Gasteiger partial charge in [-0.2, -0.15) is 0 Å². The third-order valence-corrected chi connectivity index (χ3v) is 4.06. The Hall–Kier alpha value is -1.46. The summed E-state index contributed by atoms with van der Waals surface area (Å²) < 4.78 is 2.13. The van der Waals surface area contributed by atoms with E-state index in [1.165, 1.54) is 0 Å². The fourth-order valence-corrected chi connectivity index (χ4v) is 2.92. The van der Waals surface area contributed by atoms with E-state index in [0.29, 0.717) is 18.5 Å². The van der Waals surface area contributed by atoms with Crippen LogP contribution in [0.15, 0.2) is 18.2 Å². The van der Waals surface area contributed by atoms with E-state index in [1.54, 1.807) is 0 Å². The molecule has 2 N–H and O–H groups in total. The van der Waals surface area contributed by atoms with Gasteiger partial charge in [0.2, 0.25) is 0 Å². The van der Waals surface area contributed by atoms with Crippen molar-refractivity contribution in [1.82, 2.24) is 19.5 Å². The van der Waals surface area contributed by atoms with Crippen LogP contribution in [0.4, 0.5) is 0 Å². The Morgan fingerprint density at radius 3 is 2.89 bits per heavy atom. The molecule has 19 heavy (non-hydrogen) atoms. The van der Waals surface area contributed by atoms with Gasteiger partial charge in [0.25, 0.3) is 0 Å². The predicted octanol–water partition coefficient (Wildman–Crippen LogP) is 1.39. The molecule has 0 bridgehead atoms. The van der Waals surface area contributed by atoms with Crippen molar-refractivity contribution in [2.45, 2.75) is 38.8 Å². The van der Waals surface area contributed by atoms with E-state index < -0.39 is 0 Å². The van der Waals surface area contributed by atoms with Crippen molar-refractivity contribution < 1.29 is 0 Å². The van der Waals surface area contributed by atoms with Gasteiger partial charge in [0.05, 0.1) is 0 Å². The molecule has 0 amide bonds. The molecule has 2 aromatic heterocycles. The topological polar surface area (TPSA) is 59.5 Å². The SMILES string of the molecule is CC(C)N1CCC(c2nnc3cccc(CN)n23)C1. The summed E-state index contributed by atoms with van der Waals surface area (Å²) in [6.07, 6.45) is 1.15. The maximum absolute atomic E-state index is 5.83. The molecule has 0 saturated carbocycles. The van der Waals surface area contributed by atoms with Gasteiger partial charge in [-0.3, -0.25) is 4.40 Å². The Morgan fingerprint density at radius 1 is 1.37 bits per heavy atom. The molecule has 2 aromatic rings. The number of hydrogen-bond donors (Lipinski definition) is 1. The second kappa shape index (κ2) is 4.90. The van der Waals surface area contributed by atoms with E-state index in [-0.39, 0.29) is 0 Å². The van der Waals surface area contributed by atoms with Crippen LogP contribution in [0.2, 0.25) is 0 Å². The highest BCUT2D eigenvalue weighted by Gasteiger charge is 2.29. The van der Waals surface area contributed by atoms with Crippen molar-refractivity contribution in [1.29, 1.82) is 0 Å². The summed E-state index contributed by atoms with van der Waals surface area (Å²) in [7, 11) is 0. The van der Waals surface area contributed by atoms with Gasteiger partial charge in [0.1, 0.15) is 5.82 Å². The van der Waals surface area contributed by atoms with Crippen molar-refractivity contribution >= 4 is 5.65 Å². The first-order valence-corrected chi connectivity index (χ1v) is 6.97. The Kier molecular flexibility index (Phi) is 3.24. The summed E-state index contributed by atoms with van der Waals surface area (Å²) in [5.74, 6) is 1.53. The third kappa shape index (κ3) is 2.13. The molecular weight excluding hydrogens is 238 g/mol. The number of nitrogens with zero attached hydrogens (tertiary/aromatic N) is 4. The lowest BCUT2D eigenvalue weighted by Gasteiger charge is -2.19. The van der Waals surface area contributed by atoms with E-state index in [9.17, 15) is 0 Å². The molecule has 0 radical (unpaired) electrons. The van der Waals surface area contributed by atoms with Crippen LogP contribution in [0.3, 0.4) is 0 Å². The van der Waals surface area contributed by atoms with Crippen LogP contribution in [-0.4, -0.2) is 38.6 Å². The van der Waals surface area contributed by atoms with Gasteiger partial charge in [-0.15, -0.1) is 10.2 Å². The zero-order valence-corrected chi connectivity index (χ0v) is 11.6. The minimum Gasteiger partial charge on any atom is -0.325 e. The molecule has 102 valence electrons. The third-order valence-electron chi connectivity index (χ3n) is 4.06. The van der Waals surface area contributed by atoms with E-state index in [0.717, 1.165) is 36.7 Å². The maximum atomic E-state index is 5.83. The molecular formula is C14H21N5. The van der Waals surface area contributed by atoms with Crippen molar-refractivity contribution in [2.24, 2.45) is 5.73 Å². The van der Waals surface area contributed by atoms with Gasteiger partial charge in [0, 0.05) is 30.7 Å². The number of hydrogen-bond acceptors (Lipinski definition) is 4. The molecule has 1 atom stereocenters. The summed E-state index contributed by atoms with van der Waals surface area (Å²) in [6.45, 7) is 7.22. The van der Waals surface area contributed by atoms with Crippen LogP contribution >= 0.6 is 0 Å². The lowest BCUT2D eigenvalue weighted by Crippen LogP contribution is -2.28. The smallest absolute Gasteiger partial charge is 0.161 e. The Morgan fingerprint density at radius 2 is 2.21 bits per heavy atom. The van der Waals surface area contributed by atoms with Gasteiger partial charge in [-0.05, 0) is 38.9 Å². The molecule has 3 rings (SSSR count). The first-order chi connectivity index (χ1) is 9.20. The van der Waals surface area contributed by atoms with E-state index >= 15 is 0 Å². The lowest BCUT2D eigenvalue weighted by molar-refractivity contribution is 0.271. The highest BCUT2D eigenvalue weighted by atomic mass is 15.3. The van der Waals surface area contributed by atoms with Gasteiger partial charge in [-0.1, -0.05) is 6.07 Å². The van der Waals surface area contributed by atoms with Gasteiger partial charge in [0.15, 0.2) is 5.65 Å². The van der Waals surface area contributed by atoms with Gasteiger partial charge in [-0.25, -0.2) is 0 Å². The second-order valence-corrected chi connectivity index (χ2v) is 5.55. The number of rotatable bonds is 3. The Balaban J connectivity index is 1.98. The molecule has 1 saturated heterocycles. The molecule has 5 nitrogen and oxygen atoms in total. The van der Waals surface area contributed by atoms with Crippen molar-refractivity contribution in [3.8, 4) is 0 Å². The molecule has 1 aliphatic rings. The van der Waals surface area contributed by atoms with E-state index in [1.807, 2.05) is 12.1 Å². The monoisotopic (exact) mass is 259 g/mol. The minimum absolute atomic E-state index is 0.463. The predicted molar refractivity (Wildman–Crippen MR) is 74.9 cm³/mol. The second-order valence-electron chi connectivity index (χ2n) is 5.55. The minimum atomic E-state index is 0.463. The Labute approximate surface area is 113 Å². The Bertz CT molecular complexity index is 574. The molecule has 5 heteroatoms. The zero-order valence-electron chi connectivity index (χ0n) is 11.6. The van der Waals surface area contributed by atoms with Crippen LogP contribution < -0.4 is 5.73 Å². The number of pyridine rings is 1. The maximum Gasteiger partial charge on any atom is 0.161 e. The van der Waals surface area contributed by atoms with Crippen molar-refractivity contribution in [2.75, 3.05) is 13.1 Å². The number of aromatic nitrogens is 3. The normalized spacial score (nSPS) is 20.7. The molecule has 1 fully saturated rings. The van der Waals surface area contributed by atoms with Gasteiger partial charge < -0.3 is 10.6 Å². The quantitative estimate of drug-likeness (QED) is 0.905. The summed E-state index contributed by atoms with van der Waals surface area (Å²) in [5, 5.41) is 8.69. The summed E-state index contributed by atoms with van der Waals surface area (Å²) in [6, 6.07) is 6.63. The van der Waals surface area contributed by atoms with Crippen LogP contribution in [-0.2, 0) is 6.54 Å². The number of nitrogens with two attached hydrogens (primary N) is 1. The molecule has 1 aliphatic heterocycles. The molecule has 0 aromatic carbocycles. The van der Waals surface area contributed by atoms with Crippen LogP contribution in [0, 0.1) is 0 Å². The van der Waals surface area contributed by atoms with Crippen molar-refractivity contribution in [3.63, 3.8) is 0 Å². The first-order valence-electron chi connectivity index (χ1n) is 6.97. The average molecular weight is 259 g/mol. The average Bonchev–Trinajstić information content (AvgIpc) is 3.04. The summed E-state index contributed by atoms with van der Waals surface area (Å²) in [5.41, 5.74) is 7.82. The highest BCUT2D eigenvalue weighted by molar-refractivity contribution is 5.40. The number of likely N-dealkylation sites (tertiary alicyclic amines) is 1. The summed E-state index contributed by atoms with van der Waals surface area (Å²) >= 11 is 0. The molecule has 3 heterocycles. The largest absolute Gasteiger partial charge is 0.325 e. The van der Waals surface area contributed by atoms with Crippen LogP contribution in [0.1, 0.15) is 37.7 Å². The lowest BCUT2D eigenvalue weighted by atomic mass is 10.1. The molecule has 0 spiro atoms. The van der Waals surface area contributed by atoms with Crippen LogP contribution in [0.5, 0.6) is 0 Å². The van der Waals surface area contributed by atoms with Crippen molar-refractivity contribution in [3.05, 3.63) is 29.7 Å². The van der Waals surface area contributed by atoms with Crippen LogP contribution in [0.25, 0.3) is 5.65 Å². The number of fused-ring (bicyclic) bond motifs is 1. The molecule has 0 aliphatic carbocycles. The highest BCUT2D eigenvalue weighted by Crippen LogP contribution is 2.28. The fourth-order valence-electron chi connectivity index (χ4n) is 2.92. The summed E-state index contributed by atoms with van der Waals surface area (Å²) in [4.78, 5) is 2.50. The van der Waals surface area contributed by atoms with E-state index in [2.05, 4.69) is 39.4 Å². The van der Waals surface area contributed by atoms with E-state index in [4.69, 9.17) is 5.73 Å². The molecule has 1 unspecified atom stereocenters. The first kappa shape index (κ1) is 12.6. The zero-order chi connectivity index (χ0) is 13.4. The fraction of sp³-hybridized carbons (Fsp3) is 0.571. The van der Waals surface area contributed by atoms with Gasteiger partial charge >= 0.3 is 0 Å². The standard InChI is InChI=1S/C14H21N5/c1-10(2)18-7-6-11(9-18)14-17-16-13-5-3-4-12(8-15)19(13)14/h3-5,10-11H,6-9,15H2,1-2H3.